The normalized spacial score (nSPS) is 11.8. The molecular formula is C18H21N. The van der Waals surface area contributed by atoms with Crippen molar-refractivity contribution in [3.63, 3.8) is 0 Å². The Hall–Kier alpha value is -2.02. The highest BCUT2D eigenvalue weighted by Crippen LogP contribution is 2.21. The van der Waals surface area contributed by atoms with Gasteiger partial charge in [0.05, 0.1) is 0 Å². The van der Waals surface area contributed by atoms with E-state index in [2.05, 4.69) is 67.4 Å². The van der Waals surface area contributed by atoms with E-state index in [9.17, 15) is 0 Å². The quantitative estimate of drug-likeness (QED) is 0.703. The molecule has 0 spiro atoms. The van der Waals surface area contributed by atoms with Crippen LogP contribution >= 0.6 is 0 Å². The fourth-order valence-corrected chi connectivity index (χ4v) is 2.11. The van der Waals surface area contributed by atoms with Crippen LogP contribution < -0.4 is 5.32 Å². The molecule has 0 saturated carbocycles. The Bertz CT molecular complexity index is 499. The highest BCUT2D eigenvalue weighted by molar-refractivity contribution is 5.65. The third kappa shape index (κ3) is 3.99. The van der Waals surface area contributed by atoms with E-state index in [1.807, 2.05) is 12.1 Å². The Kier molecular flexibility index (Phi) is 4.79. The minimum atomic E-state index is 0.473. The van der Waals surface area contributed by atoms with E-state index >= 15 is 0 Å². The number of rotatable bonds is 6. The lowest BCUT2D eigenvalue weighted by Crippen LogP contribution is -2.14. The van der Waals surface area contributed by atoms with Crippen LogP contribution in [0.4, 0.5) is 5.69 Å². The maximum absolute atomic E-state index is 3.76. The first-order valence-electron chi connectivity index (χ1n) is 6.82. The van der Waals surface area contributed by atoms with Crippen molar-refractivity contribution >= 4 is 5.69 Å². The molecule has 0 saturated heterocycles. The van der Waals surface area contributed by atoms with Crippen molar-refractivity contribution in [2.24, 2.45) is 0 Å². The Morgan fingerprint density at radius 2 is 1.63 bits per heavy atom. The first kappa shape index (κ1) is 13.4. The lowest BCUT2D eigenvalue weighted by atomic mass is 10.1. The summed E-state index contributed by atoms with van der Waals surface area (Å²) in [5.74, 6) is 0. The van der Waals surface area contributed by atoms with Crippen molar-refractivity contribution in [3.05, 3.63) is 67.3 Å². The smallest absolute Gasteiger partial charge is 0.0342 e. The fraction of sp³-hybridized carbons (Fsp3) is 0.222. The van der Waals surface area contributed by atoms with Crippen LogP contribution in [0.2, 0.25) is 0 Å². The molecule has 2 aromatic rings. The average molecular weight is 251 g/mol. The van der Waals surface area contributed by atoms with Crippen LogP contribution in [-0.4, -0.2) is 6.04 Å². The number of nitrogens with one attached hydrogen (secondary N) is 1. The van der Waals surface area contributed by atoms with Gasteiger partial charge in [-0.15, -0.1) is 6.58 Å². The number of benzene rings is 2. The third-order valence-corrected chi connectivity index (χ3v) is 3.21. The largest absolute Gasteiger partial charge is 0.383 e. The van der Waals surface area contributed by atoms with Gasteiger partial charge >= 0.3 is 0 Å². The predicted octanol–water partition coefficient (Wildman–Crippen LogP) is 5.12. The molecule has 0 aliphatic heterocycles. The van der Waals surface area contributed by atoms with E-state index in [-0.39, 0.29) is 0 Å². The van der Waals surface area contributed by atoms with Crippen molar-refractivity contribution in [2.45, 2.75) is 25.8 Å². The van der Waals surface area contributed by atoms with Crippen LogP contribution in [0.3, 0.4) is 0 Å². The third-order valence-electron chi connectivity index (χ3n) is 3.21. The maximum atomic E-state index is 3.76. The zero-order valence-electron chi connectivity index (χ0n) is 11.5. The Labute approximate surface area is 116 Å². The van der Waals surface area contributed by atoms with Crippen LogP contribution in [0, 0.1) is 0 Å². The first-order chi connectivity index (χ1) is 9.29. The van der Waals surface area contributed by atoms with Gasteiger partial charge in [-0.2, -0.15) is 0 Å². The zero-order chi connectivity index (χ0) is 13.5. The number of allylic oxidation sites excluding steroid dienone is 1. The molecule has 1 heteroatoms. The highest BCUT2D eigenvalue weighted by Gasteiger charge is 2.01. The van der Waals surface area contributed by atoms with Gasteiger partial charge < -0.3 is 5.32 Å². The molecule has 0 aromatic heterocycles. The minimum Gasteiger partial charge on any atom is -0.383 e. The van der Waals surface area contributed by atoms with Crippen molar-refractivity contribution in [1.82, 2.24) is 0 Å². The van der Waals surface area contributed by atoms with Gasteiger partial charge in [0.1, 0.15) is 0 Å². The van der Waals surface area contributed by atoms with E-state index < -0.39 is 0 Å². The molecule has 1 atom stereocenters. The van der Waals surface area contributed by atoms with Gasteiger partial charge in [0.25, 0.3) is 0 Å². The van der Waals surface area contributed by atoms with Crippen molar-refractivity contribution < 1.29 is 0 Å². The topological polar surface area (TPSA) is 12.0 Å². The highest BCUT2D eigenvalue weighted by atomic mass is 14.9. The van der Waals surface area contributed by atoms with Gasteiger partial charge in [-0.1, -0.05) is 48.5 Å². The monoisotopic (exact) mass is 251 g/mol. The van der Waals surface area contributed by atoms with Gasteiger partial charge in [-0.05, 0) is 43.0 Å². The standard InChI is InChI=1S/C18H21N/c1-3-4-8-15(2)19-18-13-11-17(12-14-18)16-9-6-5-7-10-16/h3,5-7,9-15,19H,1,4,8H2,2H3. The molecule has 0 heterocycles. The molecule has 98 valence electrons. The summed E-state index contributed by atoms with van der Waals surface area (Å²) in [6, 6.07) is 19.5. The van der Waals surface area contributed by atoms with Crippen LogP contribution in [0.25, 0.3) is 11.1 Å². The molecule has 0 radical (unpaired) electrons. The molecule has 1 N–H and O–H groups in total. The van der Waals surface area contributed by atoms with Gasteiger partial charge in [-0.25, -0.2) is 0 Å². The van der Waals surface area contributed by atoms with Crippen LogP contribution in [0.1, 0.15) is 19.8 Å². The molecule has 1 nitrogen and oxygen atoms in total. The second kappa shape index (κ2) is 6.79. The number of hydrogen-bond donors (Lipinski definition) is 1. The number of hydrogen-bond acceptors (Lipinski definition) is 1. The molecule has 0 aliphatic rings. The summed E-state index contributed by atoms with van der Waals surface area (Å²) >= 11 is 0. The molecule has 19 heavy (non-hydrogen) atoms. The molecule has 0 fully saturated rings. The van der Waals surface area contributed by atoms with Gasteiger partial charge in [0.15, 0.2) is 0 Å². The van der Waals surface area contributed by atoms with Gasteiger partial charge in [-0.3, -0.25) is 0 Å². The molecule has 0 bridgehead atoms. The number of anilines is 1. The van der Waals surface area contributed by atoms with E-state index in [1.165, 1.54) is 16.8 Å². The molecule has 0 aliphatic carbocycles. The van der Waals surface area contributed by atoms with Crippen LogP contribution in [-0.2, 0) is 0 Å². The van der Waals surface area contributed by atoms with Gasteiger partial charge in [0, 0.05) is 11.7 Å². The predicted molar refractivity (Wildman–Crippen MR) is 84.4 cm³/mol. The van der Waals surface area contributed by atoms with Crippen molar-refractivity contribution in [1.29, 1.82) is 0 Å². The SMILES string of the molecule is C=CCCC(C)Nc1ccc(-c2ccccc2)cc1. The summed E-state index contributed by atoms with van der Waals surface area (Å²) in [7, 11) is 0. The summed E-state index contributed by atoms with van der Waals surface area (Å²) < 4.78 is 0. The van der Waals surface area contributed by atoms with E-state index in [0.29, 0.717) is 6.04 Å². The second-order valence-electron chi connectivity index (χ2n) is 4.85. The summed E-state index contributed by atoms with van der Waals surface area (Å²) in [5.41, 5.74) is 3.69. The van der Waals surface area contributed by atoms with Crippen molar-refractivity contribution in [3.8, 4) is 11.1 Å². The van der Waals surface area contributed by atoms with Crippen LogP contribution in [0.5, 0.6) is 0 Å². The first-order valence-corrected chi connectivity index (χ1v) is 6.82. The molecule has 2 rings (SSSR count). The Morgan fingerprint density at radius 1 is 1.00 bits per heavy atom. The minimum absolute atomic E-state index is 0.473. The van der Waals surface area contributed by atoms with E-state index in [0.717, 1.165) is 12.8 Å². The van der Waals surface area contributed by atoms with Gasteiger partial charge in [0.2, 0.25) is 0 Å². The van der Waals surface area contributed by atoms with Crippen molar-refractivity contribution in [2.75, 3.05) is 5.32 Å². The lowest BCUT2D eigenvalue weighted by Gasteiger charge is -2.14. The summed E-state index contributed by atoms with van der Waals surface area (Å²) in [4.78, 5) is 0. The average Bonchev–Trinajstić information content (AvgIpc) is 2.47. The zero-order valence-corrected chi connectivity index (χ0v) is 11.5. The molecule has 2 aromatic carbocycles. The second-order valence-corrected chi connectivity index (χ2v) is 4.85. The Morgan fingerprint density at radius 3 is 2.26 bits per heavy atom. The fourth-order valence-electron chi connectivity index (χ4n) is 2.11. The lowest BCUT2D eigenvalue weighted by molar-refractivity contribution is 0.719. The van der Waals surface area contributed by atoms with E-state index in [1.54, 1.807) is 0 Å². The van der Waals surface area contributed by atoms with E-state index in [4.69, 9.17) is 0 Å². The summed E-state index contributed by atoms with van der Waals surface area (Å²) in [6.45, 7) is 5.96. The summed E-state index contributed by atoms with van der Waals surface area (Å²) in [5, 5.41) is 3.51. The summed E-state index contributed by atoms with van der Waals surface area (Å²) in [6.07, 6.45) is 4.14. The molecule has 0 amide bonds. The maximum Gasteiger partial charge on any atom is 0.0342 e. The molecule has 1 unspecified atom stereocenters. The molecular weight excluding hydrogens is 230 g/mol. The van der Waals surface area contributed by atoms with Crippen LogP contribution in [0.15, 0.2) is 67.3 Å². The Balaban J connectivity index is 2.01.